The fourth-order valence-electron chi connectivity index (χ4n) is 2.79. The van der Waals surface area contributed by atoms with Crippen molar-refractivity contribution in [2.24, 2.45) is 5.92 Å². The molecule has 3 rings (SSSR count). The number of aromatic nitrogens is 1. The average Bonchev–Trinajstić information content (AvgIpc) is 3.10. The first-order valence-electron chi connectivity index (χ1n) is 8.52. The quantitative estimate of drug-likeness (QED) is 0.914. The van der Waals surface area contributed by atoms with Crippen molar-refractivity contribution in [3.05, 3.63) is 42.1 Å². The number of hydrogen-bond donors (Lipinski definition) is 1. The van der Waals surface area contributed by atoms with Crippen LogP contribution in [0, 0.1) is 5.92 Å². The summed E-state index contributed by atoms with van der Waals surface area (Å²) in [6, 6.07) is 8.91. The third kappa shape index (κ3) is 3.63. The lowest BCUT2D eigenvalue weighted by Gasteiger charge is -2.26. The van der Waals surface area contributed by atoms with Gasteiger partial charge >= 0.3 is 0 Å². The van der Waals surface area contributed by atoms with Crippen molar-refractivity contribution >= 4 is 34.5 Å². The molecule has 6 heteroatoms. The van der Waals surface area contributed by atoms with E-state index in [0.29, 0.717) is 23.1 Å². The second kappa shape index (κ2) is 7.44. The Labute approximate surface area is 152 Å². The summed E-state index contributed by atoms with van der Waals surface area (Å²) in [4.78, 5) is 31.7. The molecular weight excluding hydrogens is 334 g/mol. The van der Waals surface area contributed by atoms with Gasteiger partial charge in [0.05, 0.1) is 11.4 Å². The van der Waals surface area contributed by atoms with Crippen LogP contribution in [0.25, 0.3) is 10.9 Å². The maximum atomic E-state index is 13.1. The number of carbonyl (C=O) groups is 2. The van der Waals surface area contributed by atoms with Crippen LogP contribution in [0.3, 0.4) is 0 Å². The molecule has 1 aromatic heterocycles. The van der Waals surface area contributed by atoms with Crippen LogP contribution in [0.1, 0.15) is 31.1 Å². The number of thioether (sulfide) groups is 1. The second-order valence-corrected chi connectivity index (χ2v) is 7.71. The highest BCUT2D eigenvalue weighted by Gasteiger charge is 2.36. The van der Waals surface area contributed by atoms with Gasteiger partial charge in [0.15, 0.2) is 0 Å². The molecule has 2 atom stereocenters. The number of pyridine rings is 1. The van der Waals surface area contributed by atoms with Crippen molar-refractivity contribution < 1.29 is 9.59 Å². The molecule has 2 aromatic rings. The van der Waals surface area contributed by atoms with Crippen molar-refractivity contribution in [3.8, 4) is 0 Å². The van der Waals surface area contributed by atoms with E-state index in [0.717, 1.165) is 10.9 Å². The molecule has 0 radical (unpaired) electrons. The summed E-state index contributed by atoms with van der Waals surface area (Å²) in [5.74, 6) is 1.33. The number of amides is 2. The molecule has 1 aliphatic rings. The zero-order valence-corrected chi connectivity index (χ0v) is 15.5. The number of rotatable bonds is 4. The standard InChI is InChI=1S/C19H23N3O2S/c1-12(2)13(3)21-18(23)17-10-25-11-22(17)19(24)15-6-4-8-16-14(15)7-5-9-20-16/h4-9,12-13,17H,10-11H2,1-3H3,(H,21,23)/t13-,17-/m1/s1. The normalized spacial score (nSPS) is 18.6. The summed E-state index contributed by atoms with van der Waals surface area (Å²) < 4.78 is 0. The summed E-state index contributed by atoms with van der Waals surface area (Å²) in [5, 5.41) is 3.86. The zero-order chi connectivity index (χ0) is 18.0. The smallest absolute Gasteiger partial charge is 0.255 e. The molecule has 0 bridgehead atoms. The van der Waals surface area contributed by atoms with Crippen LogP contribution in [-0.4, -0.2) is 45.4 Å². The van der Waals surface area contributed by atoms with Crippen LogP contribution in [0.15, 0.2) is 36.5 Å². The molecule has 0 aliphatic carbocycles. The van der Waals surface area contributed by atoms with E-state index in [9.17, 15) is 9.59 Å². The SMILES string of the molecule is CC(C)[C@@H](C)NC(=O)[C@H]1CSCN1C(=O)c1cccc2ncccc12. The van der Waals surface area contributed by atoms with E-state index in [1.54, 1.807) is 28.9 Å². The lowest BCUT2D eigenvalue weighted by Crippen LogP contribution is -2.50. The topological polar surface area (TPSA) is 62.3 Å². The first kappa shape index (κ1) is 17.7. The van der Waals surface area contributed by atoms with Gasteiger partial charge in [0.2, 0.25) is 5.91 Å². The van der Waals surface area contributed by atoms with Gasteiger partial charge in [-0.1, -0.05) is 26.0 Å². The lowest BCUT2D eigenvalue weighted by molar-refractivity contribution is -0.125. The monoisotopic (exact) mass is 357 g/mol. The Bertz CT molecular complexity index is 788. The van der Waals surface area contributed by atoms with E-state index in [2.05, 4.69) is 24.1 Å². The lowest BCUT2D eigenvalue weighted by atomic mass is 10.1. The second-order valence-electron chi connectivity index (χ2n) is 6.71. The van der Waals surface area contributed by atoms with Crippen molar-refractivity contribution in [1.82, 2.24) is 15.2 Å². The molecule has 0 unspecified atom stereocenters. The van der Waals surface area contributed by atoms with Gasteiger partial charge in [0.25, 0.3) is 5.91 Å². The summed E-state index contributed by atoms with van der Waals surface area (Å²) in [6.45, 7) is 6.13. The van der Waals surface area contributed by atoms with E-state index in [1.165, 1.54) is 0 Å². The van der Waals surface area contributed by atoms with Gasteiger partial charge in [-0.05, 0) is 31.0 Å². The van der Waals surface area contributed by atoms with Crippen molar-refractivity contribution in [2.45, 2.75) is 32.9 Å². The Hall–Kier alpha value is -2.08. The molecule has 0 saturated carbocycles. The molecule has 0 spiro atoms. The molecule has 1 fully saturated rings. The van der Waals surface area contributed by atoms with Crippen LogP contribution in [0.4, 0.5) is 0 Å². The number of hydrogen-bond acceptors (Lipinski definition) is 4. The molecule has 1 aliphatic heterocycles. The maximum absolute atomic E-state index is 13.1. The fraction of sp³-hybridized carbons (Fsp3) is 0.421. The molecule has 25 heavy (non-hydrogen) atoms. The van der Waals surface area contributed by atoms with Crippen molar-refractivity contribution in [1.29, 1.82) is 0 Å². The third-order valence-electron chi connectivity index (χ3n) is 4.69. The number of nitrogens with one attached hydrogen (secondary N) is 1. The van der Waals surface area contributed by atoms with Gasteiger partial charge in [-0.15, -0.1) is 11.8 Å². The number of carbonyl (C=O) groups excluding carboxylic acids is 2. The van der Waals surface area contributed by atoms with Crippen LogP contribution in [0.2, 0.25) is 0 Å². The van der Waals surface area contributed by atoms with Crippen LogP contribution in [0.5, 0.6) is 0 Å². The Morgan fingerprint density at radius 1 is 1.24 bits per heavy atom. The highest BCUT2D eigenvalue weighted by molar-refractivity contribution is 7.99. The number of fused-ring (bicyclic) bond motifs is 1. The van der Waals surface area contributed by atoms with Gasteiger partial charge in [0.1, 0.15) is 6.04 Å². The van der Waals surface area contributed by atoms with Crippen molar-refractivity contribution in [2.75, 3.05) is 11.6 Å². The predicted octanol–water partition coefficient (Wildman–Crippen LogP) is 2.91. The highest BCUT2D eigenvalue weighted by Crippen LogP contribution is 2.26. The summed E-state index contributed by atoms with van der Waals surface area (Å²) >= 11 is 1.61. The van der Waals surface area contributed by atoms with Crippen molar-refractivity contribution in [3.63, 3.8) is 0 Å². The molecular formula is C19H23N3O2S. The molecule has 5 nitrogen and oxygen atoms in total. The highest BCUT2D eigenvalue weighted by atomic mass is 32.2. The first-order valence-corrected chi connectivity index (χ1v) is 9.67. The average molecular weight is 357 g/mol. The summed E-state index contributed by atoms with van der Waals surface area (Å²) in [5.41, 5.74) is 1.39. The molecule has 1 N–H and O–H groups in total. The Morgan fingerprint density at radius 2 is 2.04 bits per heavy atom. The minimum Gasteiger partial charge on any atom is -0.352 e. The van der Waals surface area contributed by atoms with Gasteiger partial charge in [0, 0.05) is 28.9 Å². The van der Waals surface area contributed by atoms with Gasteiger partial charge < -0.3 is 10.2 Å². The minimum absolute atomic E-state index is 0.0714. The Morgan fingerprint density at radius 3 is 2.80 bits per heavy atom. The summed E-state index contributed by atoms with van der Waals surface area (Å²) in [6.07, 6.45) is 1.71. The molecule has 1 aromatic carbocycles. The minimum atomic E-state index is -0.425. The van der Waals surface area contributed by atoms with Gasteiger partial charge in [-0.25, -0.2) is 0 Å². The maximum Gasteiger partial charge on any atom is 0.255 e. The van der Waals surface area contributed by atoms with E-state index in [-0.39, 0.29) is 17.9 Å². The number of nitrogens with zero attached hydrogens (tertiary/aromatic N) is 2. The van der Waals surface area contributed by atoms with Crippen LogP contribution in [-0.2, 0) is 4.79 Å². The van der Waals surface area contributed by atoms with E-state index in [4.69, 9.17) is 0 Å². The predicted molar refractivity (Wildman–Crippen MR) is 101 cm³/mol. The molecule has 2 amide bonds. The van der Waals surface area contributed by atoms with Gasteiger partial charge in [-0.3, -0.25) is 14.6 Å². The number of benzene rings is 1. The first-order chi connectivity index (χ1) is 12.0. The summed E-state index contributed by atoms with van der Waals surface area (Å²) in [7, 11) is 0. The third-order valence-corrected chi connectivity index (χ3v) is 5.70. The largest absolute Gasteiger partial charge is 0.352 e. The van der Waals surface area contributed by atoms with E-state index in [1.807, 2.05) is 31.2 Å². The fourth-order valence-corrected chi connectivity index (χ4v) is 3.95. The van der Waals surface area contributed by atoms with E-state index < -0.39 is 6.04 Å². The Balaban J connectivity index is 1.84. The molecule has 2 heterocycles. The molecule has 1 saturated heterocycles. The zero-order valence-electron chi connectivity index (χ0n) is 14.7. The van der Waals surface area contributed by atoms with Gasteiger partial charge in [-0.2, -0.15) is 0 Å². The molecule has 132 valence electrons. The van der Waals surface area contributed by atoms with Crippen LogP contribution < -0.4 is 5.32 Å². The Kier molecular flexibility index (Phi) is 5.27. The van der Waals surface area contributed by atoms with E-state index >= 15 is 0 Å². The van der Waals surface area contributed by atoms with Crippen LogP contribution >= 0.6 is 11.8 Å².